The van der Waals surface area contributed by atoms with Crippen molar-refractivity contribution in [1.29, 1.82) is 0 Å². The van der Waals surface area contributed by atoms with Gasteiger partial charge < -0.3 is 25.1 Å². The van der Waals surface area contributed by atoms with Gasteiger partial charge in [0.1, 0.15) is 11.5 Å². The van der Waals surface area contributed by atoms with Crippen LogP contribution in [0.15, 0.2) is 65.8 Å². The van der Waals surface area contributed by atoms with Crippen molar-refractivity contribution in [3.8, 4) is 0 Å². The van der Waals surface area contributed by atoms with Gasteiger partial charge >= 0.3 is 0 Å². The Hall–Kier alpha value is -2.87. The fourth-order valence-electron chi connectivity index (χ4n) is 4.61. The van der Waals surface area contributed by atoms with E-state index in [0.717, 1.165) is 59.3 Å². The van der Waals surface area contributed by atoms with Crippen LogP contribution in [-0.2, 0) is 23.1 Å². The zero-order valence-corrected chi connectivity index (χ0v) is 20.2. The summed E-state index contributed by atoms with van der Waals surface area (Å²) in [4.78, 5) is 13.0. The van der Waals surface area contributed by atoms with E-state index < -0.39 is 0 Å². The highest BCUT2D eigenvalue weighted by molar-refractivity contribution is 7.17. The van der Waals surface area contributed by atoms with Crippen LogP contribution in [0, 0.1) is 0 Å². The Morgan fingerprint density at radius 3 is 2.79 bits per heavy atom. The van der Waals surface area contributed by atoms with E-state index in [1.54, 1.807) is 11.3 Å². The van der Waals surface area contributed by atoms with Crippen molar-refractivity contribution in [2.75, 3.05) is 5.32 Å². The van der Waals surface area contributed by atoms with Crippen molar-refractivity contribution in [2.24, 2.45) is 12.8 Å². The summed E-state index contributed by atoms with van der Waals surface area (Å²) in [5.41, 5.74) is 9.42. The molecule has 0 spiro atoms. The summed E-state index contributed by atoms with van der Waals surface area (Å²) in [7, 11) is 1.92. The summed E-state index contributed by atoms with van der Waals surface area (Å²) < 4.78 is 15.3. The maximum atomic E-state index is 13.0. The lowest BCUT2D eigenvalue weighted by Gasteiger charge is -2.28. The van der Waals surface area contributed by atoms with Crippen molar-refractivity contribution < 1.29 is 14.3 Å². The van der Waals surface area contributed by atoms with Gasteiger partial charge in [0.25, 0.3) is 5.91 Å². The Morgan fingerprint density at radius 1 is 1.21 bits per heavy atom. The molecule has 1 amide bonds. The van der Waals surface area contributed by atoms with Gasteiger partial charge in [-0.1, -0.05) is 24.3 Å². The van der Waals surface area contributed by atoms with Gasteiger partial charge in [-0.2, -0.15) is 0 Å². The number of carbonyl (C=O) groups is 1. The first-order valence-electron chi connectivity index (χ1n) is 11.9. The number of anilines is 1. The number of benzene rings is 1. The molecule has 1 fully saturated rings. The largest absolute Gasteiger partial charge is 0.491 e. The monoisotopic (exact) mass is 477 g/mol. The van der Waals surface area contributed by atoms with E-state index in [9.17, 15) is 4.79 Å². The molecule has 7 heteroatoms. The van der Waals surface area contributed by atoms with Crippen molar-refractivity contribution in [3.05, 3.63) is 77.0 Å². The van der Waals surface area contributed by atoms with Crippen molar-refractivity contribution in [1.82, 2.24) is 4.57 Å². The molecule has 6 nitrogen and oxygen atoms in total. The zero-order chi connectivity index (χ0) is 23.5. The minimum Gasteiger partial charge on any atom is -0.491 e. The first-order chi connectivity index (χ1) is 16.6. The van der Waals surface area contributed by atoms with Crippen molar-refractivity contribution in [2.45, 2.75) is 57.0 Å². The van der Waals surface area contributed by atoms with Crippen LogP contribution >= 0.6 is 11.3 Å². The number of aromatic nitrogens is 1. The SMILES string of the molecule is Cn1c(C(=O)Nc2ccccc2COC2C=CC(O[C@H]3CC[C@@H](N)CC3)=CC2)cc2sccc21. The van der Waals surface area contributed by atoms with E-state index >= 15 is 0 Å². The average Bonchev–Trinajstić information content (AvgIpc) is 3.44. The first-order valence-corrected chi connectivity index (χ1v) is 12.8. The average molecular weight is 478 g/mol. The molecule has 3 aromatic rings. The van der Waals surface area contributed by atoms with Crippen LogP contribution < -0.4 is 11.1 Å². The molecule has 1 aromatic carbocycles. The van der Waals surface area contributed by atoms with Gasteiger partial charge in [-0.05, 0) is 67.8 Å². The molecule has 0 aliphatic heterocycles. The van der Waals surface area contributed by atoms with E-state index in [4.69, 9.17) is 15.2 Å². The predicted molar refractivity (Wildman–Crippen MR) is 137 cm³/mol. The summed E-state index contributed by atoms with van der Waals surface area (Å²) in [6.07, 6.45) is 11.3. The van der Waals surface area contributed by atoms with Gasteiger partial charge in [-0.3, -0.25) is 4.79 Å². The summed E-state index contributed by atoms with van der Waals surface area (Å²) >= 11 is 1.64. The van der Waals surface area contributed by atoms with Crippen LogP contribution in [0.3, 0.4) is 0 Å². The molecule has 1 atom stereocenters. The van der Waals surface area contributed by atoms with Crippen molar-refractivity contribution >= 4 is 33.1 Å². The lowest BCUT2D eigenvalue weighted by molar-refractivity contribution is 0.0625. The van der Waals surface area contributed by atoms with Crippen molar-refractivity contribution in [3.63, 3.8) is 0 Å². The quantitative estimate of drug-likeness (QED) is 0.470. The zero-order valence-electron chi connectivity index (χ0n) is 19.4. The van der Waals surface area contributed by atoms with Crippen LogP contribution in [0.2, 0.25) is 0 Å². The lowest BCUT2D eigenvalue weighted by atomic mass is 9.93. The Labute approximate surface area is 204 Å². The highest BCUT2D eigenvalue weighted by Crippen LogP contribution is 2.27. The second kappa shape index (κ2) is 10.2. The predicted octanol–water partition coefficient (Wildman–Crippen LogP) is 5.51. The molecule has 2 heterocycles. The van der Waals surface area contributed by atoms with Gasteiger partial charge in [-0.25, -0.2) is 0 Å². The number of rotatable bonds is 7. The molecule has 178 valence electrons. The fourth-order valence-corrected chi connectivity index (χ4v) is 5.46. The number of nitrogens with two attached hydrogens (primary N) is 1. The number of amides is 1. The molecule has 1 saturated carbocycles. The number of hydrogen-bond acceptors (Lipinski definition) is 5. The van der Waals surface area contributed by atoms with E-state index in [-0.39, 0.29) is 18.1 Å². The molecular formula is C27H31N3O3S. The minimum atomic E-state index is -0.121. The molecule has 34 heavy (non-hydrogen) atoms. The van der Waals surface area contributed by atoms with E-state index in [0.29, 0.717) is 18.3 Å². The Kier molecular flexibility index (Phi) is 6.85. The summed E-state index contributed by atoms with van der Waals surface area (Å²) in [6, 6.07) is 12.1. The van der Waals surface area contributed by atoms with Gasteiger partial charge in [-0.15, -0.1) is 11.3 Å². The summed E-state index contributed by atoms with van der Waals surface area (Å²) in [6.45, 7) is 0.415. The normalized spacial score (nSPS) is 22.5. The number of hydrogen-bond donors (Lipinski definition) is 2. The van der Waals surface area contributed by atoms with E-state index in [2.05, 4.69) is 17.5 Å². The van der Waals surface area contributed by atoms with Gasteiger partial charge in [0.2, 0.25) is 0 Å². The number of ether oxygens (including phenoxy) is 2. The topological polar surface area (TPSA) is 78.5 Å². The second-order valence-electron chi connectivity index (χ2n) is 9.08. The van der Waals surface area contributed by atoms with E-state index in [1.807, 2.05) is 59.5 Å². The van der Waals surface area contributed by atoms with Gasteiger partial charge in [0.15, 0.2) is 0 Å². The van der Waals surface area contributed by atoms with E-state index in [1.165, 1.54) is 0 Å². The molecule has 2 aliphatic carbocycles. The maximum Gasteiger partial charge on any atom is 0.272 e. The standard InChI is InChI=1S/C27H31N3O3S/c1-30-24-14-15-34-26(24)16-25(30)27(31)29-23-5-3-2-4-18(23)17-32-20-10-12-22(13-11-20)33-21-8-6-19(28)7-9-21/h2-5,10,12-16,19-21H,6-9,11,17,28H2,1H3,(H,29,31)/t19-,20?,21+. The summed E-state index contributed by atoms with van der Waals surface area (Å²) in [5.74, 6) is 0.805. The van der Waals surface area contributed by atoms with Crippen LogP contribution in [0.1, 0.15) is 48.2 Å². The van der Waals surface area contributed by atoms with Gasteiger partial charge in [0.05, 0.1) is 29.0 Å². The number of nitrogens with one attached hydrogen (secondary N) is 1. The van der Waals surface area contributed by atoms with Crippen LogP contribution in [0.4, 0.5) is 5.69 Å². The van der Waals surface area contributed by atoms with Crippen LogP contribution in [-0.4, -0.2) is 28.7 Å². The number of nitrogens with zero attached hydrogens (tertiary/aromatic N) is 1. The third-order valence-corrected chi connectivity index (χ3v) is 7.52. The maximum absolute atomic E-state index is 13.0. The second-order valence-corrected chi connectivity index (χ2v) is 10.0. The summed E-state index contributed by atoms with van der Waals surface area (Å²) in [5, 5.41) is 5.10. The third-order valence-electron chi connectivity index (χ3n) is 6.66. The molecule has 1 unspecified atom stereocenters. The number of allylic oxidation sites excluding steroid dienone is 1. The van der Waals surface area contributed by atoms with Crippen LogP contribution in [0.25, 0.3) is 10.2 Å². The molecule has 0 bridgehead atoms. The Morgan fingerprint density at radius 2 is 2.03 bits per heavy atom. The lowest BCUT2D eigenvalue weighted by Crippen LogP contribution is -2.30. The number of para-hydroxylation sites is 1. The highest BCUT2D eigenvalue weighted by atomic mass is 32.1. The number of aryl methyl sites for hydroxylation is 1. The molecule has 0 radical (unpaired) electrons. The molecule has 0 saturated heterocycles. The molecule has 2 aliphatic rings. The number of thiophene rings is 1. The Bertz CT molecular complexity index is 1220. The molecule has 5 rings (SSSR count). The number of carbonyl (C=O) groups excluding carboxylic acids is 1. The smallest absolute Gasteiger partial charge is 0.272 e. The first kappa shape index (κ1) is 22.9. The molecule has 3 N–H and O–H groups in total. The highest BCUT2D eigenvalue weighted by Gasteiger charge is 2.21. The van der Waals surface area contributed by atoms with Crippen LogP contribution in [0.5, 0.6) is 0 Å². The fraction of sp³-hybridized carbons (Fsp3) is 0.370. The van der Waals surface area contributed by atoms with Gasteiger partial charge in [0, 0.05) is 24.3 Å². The Balaban J connectivity index is 1.16. The molecular weight excluding hydrogens is 446 g/mol. The minimum absolute atomic E-state index is 0.0180. The number of fused-ring (bicyclic) bond motifs is 1. The third kappa shape index (κ3) is 5.12. The molecule has 2 aromatic heterocycles.